The van der Waals surface area contributed by atoms with E-state index < -0.39 is 0 Å². The van der Waals surface area contributed by atoms with Gasteiger partial charge in [-0.1, -0.05) is 41.9 Å². The lowest BCUT2D eigenvalue weighted by Crippen LogP contribution is -1.95. The van der Waals surface area contributed by atoms with Crippen molar-refractivity contribution < 1.29 is 4.79 Å². The molecule has 0 N–H and O–H groups in total. The number of allylic oxidation sites excluding steroid dienone is 2. The van der Waals surface area contributed by atoms with Gasteiger partial charge in [-0.25, -0.2) is 0 Å². The van der Waals surface area contributed by atoms with Crippen LogP contribution in [0.15, 0.2) is 40.9 Å². The van der Waals surface area contributed by atoms with Crippen molar-refractivity contribution in [2.24, 2.45) is 0 Å². The second-order valence-electron chi connectivity index (χ2n) is 4.15. The Morgan fingerprint density at radius 3 is 2.56 bits per heavy atom. The van der Waals surface area contributed by atoms with Crippen molar-refractivity contribution in [3.8, 4) is 0 Å². The lowest BCUT2D eigenvalue weighted by molar-refractivity contribution is -0.114. The predicted octanol–water partition coefficient (Wildman–Crippen LogP) is 3.87. The molecule has 1 fully saturated rings. The first-order valence-corrected chi connectivity index (χ1v) is 6.10. The summed E-state index contributed by atoms with van der Waals surface area (Å²) >= 11 is 6.19. The van der Waals surface area contributed by atoms with Gasteiger partial charge in [0.05, 0.1) is 0 Å². The van der Waals surface area contributed by atoms with Crippen LogP contribution in [0.5, 0.6) is 0 Å². The molecule has 84 valence electrons. The Morgan fingerprint density at radius 1 is 1.19 bits per heavy atom. The van der Waals surface area contributed by atoms with Crippen LogP contribution in [0.4, 0.5) is 0 Å². The largest absolute Gasteiger partial charge is 0.295 e. The number of carbonyl (C=O) groups excluding carboxylic acids is 1. The first-order valence-electron chi connectivity index (χ1n) is 5.72. The fourth-order valence-corrected chi connectivity index (χ4v) is 2.35. The molecule has 0 bridgehead atoms. The van der Waals surface area contributed by atoms with Crippen LogP contribution in [-0.4, -0.2) is 5.78 Å². The molecule has 0 radical (unpaired) electrons. The molecule has 0 atom stereocenters. The third-order valence-corrected chi connectivity index (χ3v) is 3.39. The van der Waals surface area contributed by atoms with Crippen LogP contribution in [0.25, 0.3) is 0 Å². The van der Waals surface area contributed by atoms with Crippen LogP contribution in [0.1, 0.15) is 31.2 Å². The Labute approximate surface area is 101 Å². The topological polar surface area (TPSA) is 17.1 Å². The SMILES string of the molecule is O=C1CCCC1=C(Cl)CCc1ccccc1. The molecule has 0 heterocycles. The van der Waals surface area contributed by atoms with Gasteiger partial charge in [-0.3, -0.25) is 4.79 Å². The highest BCUT2D eigenvalue weighted by molar-refractivity contribution is 6.32. The maximum Gasteiger partial charge on any atom is 0.160 e. The maximum absolute atomic E-state index is 11.5. The van der Waals surface area contributed by atoms with Crippen molar-refractivity contribution in [1.82, 2.24) is 0 Å². The predicted molar refractivity (Wildman–Crippen MR) is 66.5 cm³/mol. The minimum atomic E-state index is 0.248. The van der Waals surface area contributed by atoms with Gasteiger partial charge in [-0.05, 0) is 31.2 Å². The van der Waals surface area contributed by atoms with Gasteiger partial charge in [0, 0.05) is 17.0 Å². The van der Waals surface area contributed by atoms with E-state index in [0.717, 1.165) is 36.3 Å². The maximum atomic E-state index is 11.5. The summed E-state index contributed by atoms with van der Waals surface area (Å²) < 4.78 is 0. The highest BCUT2D eigenvalue weighted by atomic mass is 35.5. The van der Waals surface area contributed by atoms with Crippen molar-refractivity contribution >= 4 is 17.4 Å². The summed E-state index contributed by atoms with van der Waals surface area (Å²) in [5.74, 6) is 0.248. The highest BCUT2D eigenvalue weighted by Crippen LogP contribution is 2.28. The molecule has 0 spiro atoms. The van der Waals surface area contributed by atoms with Crippen LogP contribution in [0, 0.1) is 0 Å². The lowest BCUT2D eigenvalue weighted by Gasteiger charge is -2.03. The number of carbonyl (C=O) groups is 1. The number of halogens is 1. The van der Waals surface area contributed by atoms with E-state index in [4.69, 9.17) is 11.6 Å². The Bertz CT molecular complexity index is 406. The highest BCUT2D eigenvalue weighted by Gasteiger charge is 2.19. The van der Waals surface area contributed by atoms with E-state index in [1.165, 1.54) is 5.56 Å². The summed E-state index contributed by atoms with van der Waals surface area (Å²) in [6, 6.07) is 10.2. The molecule has 1 aromatic rings. The fourth-order valence-electron chi connectivity index (χ4n) is 2.05. The van der Waals surface area contributed by atoms with Gasteiger partial charge < -0.3 is 0 Å². The van der Waals surface area contributed by atoms with Gasteiger partial charge in [0.25, 0.3) is 0 Å². The normalized spacial score (nSPS) is 18.9. The average molecular weight is 235 g/mol. The van der Waals surface area contributed by atoms with Crippen molar-refractivity contribution in [1.29, 1.82) is 0 Å². The number of ketones is 1. The van der Waals surface area contributed by atoms with E-state index in [2.05, 4.69) is 12.1 Å². The van der Waals surface area contributed by atoms with Crippen molar-refractivity contribution in [3.63, 3.8) is 0 Å². The van der Waals surface area contributed by atoms with E-state index in [0.29, 0.717) is 6.42 Å². The summed E-state index contributed by atoms with van der Waals surface area (Å²) in [7, 11) is 0. The van der Waals surface area contributed by atoms with Crippen molar-refractivity contribution in [2.75, 3.05) is 0 Å². The Morgan fingerprint density at radius 2 is 1.94 bits per heavy atom. The molecule has 1 saturated carbocycles. The molecule has 1 aliphatic carbocycles. The van der Waals surface area contributed by atoms with Gasteiger partial charge in [-0.15, -0.1) is 0 Å². The average Bonchev–Trinajstić information content (AvgIpc) is 2.74. The third kappa shape index (κ3) is 2.73. The molecule has 0 aliphatic heterocycles. The van der Waals surface area contributed by atoms with Crippen LogP contribution in [-0.2, 0) is 11.2 Å². The van der Waals surface area contributed by atoms with Gasteiger partial charge in [0.2, 0.25) is 0 Å². The van der Waals surface area contributed by atoms with Crippen LogP contribution in [0.3, 0.4) is 0 Å². The number of hydrogen-bond donors (Lipinski definition) is 0. The van der Waals surface area contributed by atoms with Gasteiger partial charge in [-0.2, -0.15) is 0 Å². The van der Waals surface area contributed by atoms with E-state index in [-0.39, 0.29) is 5.78 Å². The smallest absolute Gasteiger partial charge is 0.160 e. The standard InChI is InChI=1S/C14H15ClO/c15-13(12-7-4-8-14(12)16)10-9-11-5-2-1-3-6-11/h1-3,5-6H,4,7-10H2. The molecule has 1 nitrogen and oxygen atoms in total. The number of Topliss-reactive ketones (excluding diaryl/α,β-unsaturated/α-hetero) is 1. The van der Waals surface area contributed by atoms with Gasteiger partial charge in [0.15, 0.2) is 5.78 Å². The molecular formula is C14H15ClO. The van der Waals surface area contributed by atoms with Crippen molar-refractivity contribution in [2.45, 2.75) is 32.1 Å². The third-order valence-electron chi connectivity index (χ3n) is 2.97. The van der Waals surface area contributed by atoms with E-state index in [9.17, 15) is 4.79 Å². The summed E-state index contributed by atoms with van der Waals surface area (Å²) in [4.78, 5) is 11.5. The van der Waals surface area contributed by atoms with E-state index in [1.54, 1.807) is 0 Å². The lowest BCUT2D eigenvalue weighted by atomic mass is 10.1. The quantitative estimate of drug-likeness (QED) is 0.726. The molecule has 2 heteroatoms. The minimum absolute atomic E-state index is 0.248. The summed E-state index contributed by atoms with van der Waals surface area (Å²) in [6.07, 6.45) is 4.21. The zero-order valence-electron chi connectivity index (χ0n) is 9.21. The fraction of sp³-hybridized carbons (Fsp3) is 0.357. The van der Waals surface area contributed by atoms with E-state index >= 15 is 0 Å². The Kier molecular flexibility index (Phi) is 3.79. The molecule has 0 amide bonds. The molecule has 0 aromatic heterocycles. The first kappa shape index (κ1) is 11.4. The molecule has 2 rings (SSSR count). The first-order chi connectivity index (χ1) is 7.77. The molecule has 1 aromatic carbocycles. The van der Waals surface area contributed by atoms with Crippen LogP contribution >= 0.6 is 11.6 Å². The van der Waals surface area contributed by atoms with Crippen LogP contribution < -0.4 is 0 Å². The van der Waals surface area contributed by atoms with Gasteiger partial charge >= 0.3 is 0 Å². The Balaban J connectivity index is 1.98. The zero-order valence-corrected chi connectivity index (χ0v) is 9.96. The van der Waals surface area contributed by atoms with Crippen molar-refractivity contribution in [3.05, 3.63) is 46.5 Å². The Hall–Kier alpha value is -1.08. The molecular weight excluding hydrogens is 220 g/mol. The molecule has 16 heavy (non-hydrogen) atoms. The zero-order chi connectivity index (χ0) is 11.4. The number of hydrogen-bond acceptors (Lipinski definition) is 1. The summed E-state index contributed by atoms with van der Waals surface area (Å²) in [5, 5.41) is 0.770. The summed E-state index contributed by atoms with van der Waals surface area (Å²) in [6.45, 7) is 0. The summed E-state index contributed by atoms with van der Waals surface area (Å²) in [5.41, 5.74) is 2.14. The van der Waals surface area contributed by atoms with E-state index in [1.807, 2.05) is 18.2 Å². The molecule has 1 aliphatic rings. The van der Waals surface area contributed by atoms with Crippen LogP contribution in [0.2, 0.25) is 0 Å². The molecule has 0 saturated heterocycles. The second kappa shape index (κ2) is 5.31. The number of aryl methyl sites for hydroxylation is 1. The molecule has 0 unspecified atom stereocenters. The number of benzene rings is 1. The second-order valence-corrected chi connectivity index (χ2v) is 4.60. The minimum Gasteiger partial charge on any atom is -0.295 e. The monoisotopic (exact) mass is 234 g/mol. The van der Waals surface area contributed by atoms with Gasteiger partial charge in [0.1, 0.15) is 0 Å². The number of rotatable bonds is 3.